The highest BCUT2D eigenvalue weighted by molar-refractivity contribution is 6.35. The van der Waals surface area contributed by atoms with Gasteiger partial charge in [-0.1, -0.05) is 29.3 Å². The molecule has 1 rings (SSSR count). The fraction of sp³-hybridized carbons (Fsp3) is 0.538. The van der Waals surface area contributed by atoms with E-state index in [2.05, 4.69) is 0 Å². The summed E-state index contributed by atoms with van der Waals surface area (Å²) in [6.07, 6.45) is -0.208. The summed E-state index contributed by atoms with van der Waals surface area (Å²) in [4.78, 5) is 0. The Kier molecular flexibility index (Phi) is 5.26. The molecule has 0 aromatic heterocycles. The lowest BCUT2D eigenvalue weighted by molar-refractivity contribution is -0.0482. The van der Waals surface area contributed by atoms with Gasteiger partial charge in [0.2, 0.25) is 0 Å². The Bertz CT molecular complexity index is 352. The minimum atomic E-state index is -0.605. The number of hydrogen-bond acceptors (Lipinski definition) is 2. The maximum Gasteiger partial charge on any atom is 0.0815 e. The number of halogens is 2. The zero-order chi connectivity index (χ0) is 13.1. The smallest absolute Gasteiger partial charge is 0.0815 e. The molecule has 0 aliphatic heterocycles. The van der Waals surface area contributed by atoms with E-state index in [4.69, 9.17) is 27.9 Å². The van der Waals surface area contributed by atoms with Crippen molar-refractivity contribution in [2.24, 2.45) is 0 Å². The third kappa shape index (κ3) is 5.26. The molecule has 0 spiro atoms. The maximum absolute atomic E-state index is 9.87. The van der Waals surface area contributed by atoms with Crippen molar-refractivity contribution in [2.45, 2.75) is 38.9 Å². The van der Waals surface area contributed by atoms with Gasteiger partial charge >= 0.3 is 0 Å². The molecule has 1 aromatic rings. The van der Waals surface area contributed by atoms with Gasteiger partial charge in [-0.3, -0.25) is 0 Å². The molecule has 0 bridgehead atoms. The number of aliphatic hydroxyl groups excluding tert-OH is 1. The van der Waals surface area contributed by atoms with E-state index < -0.39 is 6.10 Å². The molecular weight excluding hydrogens is 259 g/mol. The lowest BCUT2D eigenvalue weighted by Gasteiger charge is -2.22. The molecule has 0 amide bonds. The number of rotatable bonds is 4. The van der Waals surface area contributed by atoms with E-state index in [9.17, 15) is 5.11 Å². The topological polar surface area (TPSA) is 29.5 Å². The summed E-state index contributed by atoms with van der Waals surface area (Å²) < 4.78 is 5.51. The molecule has 17 heavy (non-hydrogen) atoms. The van der Waals surface area contributed by atoms with Crippen LogP contribution in [0.4, 0.5) is 0 Å². The lowest BCUT2D eigenvalue weighted by atomic mass is 10.1. The summed E-state index contributed by atoms with van der Waals surface area (Å²) in [6, 6.07) is 5.31. The molecule has 4 heteroatoms. The summed E-state index contributed by atoms with van der Waals surface area (Å²) in [5.41, 5.74) is 0.506. The van der Waals surface area contributed by atoms with Gasteiger partial charge in [-0.25, -0.2) is 0 Å². The largest absolute Gasteiger partial charge is 0.390 e. The molecular formula is C13H18Cl2O2. The number of hydrogen-bond donors (Lipinski definition) is 1. The molecule has 2 nitrogen and oxygen atoms in total. The number of ether oxygens (including phenoxy) is 1. The van der Waals surface area contributed by atoms with Crippen LogP contribution in [0.1, 0.15) is 26.3 Å². The van der Waals surface area contributed by atoms with Crippen LogP contribution in [0.25, 0.3) is 0 Å². The molecule has 0 fully saturated rings. The average Bonchev–Trinajstić information content (AvgIpc) is 2.20. The van der Waals surface area contributed by atoms with E-state index in [1.807, 2.05) is 20.8 Å². The molecule has 0 aliphatic carbocycles. The zero-order valence-corrected chi connectivity index (χ0v) is 11.8. The Morgan fingerprint density at radius 2 is 1.76 bits per heavy atom. The standard InChI is InChI=1S/C13H18Cl2O2/c1-13(2,3)17-8-9(16)7-10-11(14)5-4-6-12(10)15/h4-6,9,16H,7-8H2,1-3H3. The molecule has 0 saturated heterocycles. The Balaban J connectivity index is 2.59. The summed E-state index contributed by atoms with van der Waals surface area (Å²) >= 11 is 12.1. The van der Waals surface area contributed by atoms with Crippen molar-refractivity contribution < 1.29 is 9.84 Å². The van der Waals surface area contributed by atoms with Gasteiger partial charge in [0.25, 0.3) is 0 Å². The van der Waals surface area contributed by atoms with Crippen LogP contribution in [0.5, 0.6) is 0 Å². The molecule has 1 unspecified atom stereocenters. The van der Waals surface area contributed by atoms with Gasteiger partial charge in [-0.05, 0) is 38.5 Å². The summed E-state index contributed by atoms with van der Waals surface area (Å²) in [7, 11) is 0. The van der Waals surface area contributed by atoms with Gasteiger partial charge in [0.1, 0.15) is 0 Å². The van der Waals surface area contributed by atoms with Gasteiger partial charge in [0.15, 0.2) is 0 Å². The fourth-order valence-corrected chi connectivity index (χ4v) is 1.92. The van der Waals surface area contributed by atoms with Gasteiger partial charge in [-0.2, -0.15) is 0 Å². The van der Waals surface area contributed by atoms with Crippen molar-refractivity contribution in [2.75, 3.05) is 6.61 Å². The Morgan fingerprint density at radius 3 is 2.24 bits per heavy atom. The third-order valence-corrected chi connectivity index (χ3v) is 2.92. The summed E-state index contributed by atoms with van der Waals surface area (Å²) in [5.74, 6) is 0. The first-order valence-electron chi connectivity index (χ1n) is 5.54. The zero-order valence-electron chi connectivity index (χ0n) is 10.3. The molecule has 0 heterocycles. The number of aliphatic hydroxyl groups is 1. The molecule has 0 radical (unpaired) electrons. The number of benzene rings is 1. The summed E-state index contributed by atoms with van der Waals surface area (Å²) in [5, 5.41) is 11.0. The fourth-order valence-electron chi connectivity index (χ4n) is 1.37. The Labute approximate surface area is 113 Å². The van der Waals surface area contributed by atoms with Crippen LogP contribution in [0.15, 0.2) is 18.2 Å². The van der Waals surface area contributed by atoms with Gasteiger partial charge < -0.3 is 9.84 Å². The predicted molar refractivity (Wildman–Crippen MR) is 71.9 cm³/mol. The molecule has 1 atom stereocenters. The molecule has 0 aliphatic rings. The highest BCUT2D eigenvalue weighted by Crippen LogP contribution is 2.25. The second kappa shape index (κ2) is 6.05. The Morgan fingerprint density at radius 1 is 1.24 bits per heavy atom. The van der Waals surface area contributed by atoms with Crippen molar-refractivity contribution in [3.05, 3.63) is 33.8 Å². The first-order chi connectivity index (χ1) is 7.79. The summed E-state index contributed by atoms with van der Waals surface area (Å²) in [6.45, 7) is 6.11. The van der Waals surface area contributed by atoms with Crippen molar-refractivity contribution >= 4 is 23.2 Å². The van der Waals surface area contributed by atoms with Crippen molar-refractivity contribution in [1.82, 2.24) is 0 Å². The SMILES string of the molecule is CC(C)(C)OCC(O)Cc1c(Cl)cccc1Cl. The van der Waals surface area contributed by atoms with Crippen LogP contribution < -0.4 is 0 Å². The quantitative estimate of drug-likeness (QED) is 0.909. The highest BCUT2D eigenvalue weighted by atomic mass is 35.5. The first kappa shape index (κ1) is 14.8. The van der Waals surface area contributed by atoms with Crippen molar-refractivity contribution in [3.8, 4) is 0 Å². The van der Waals surface area contributed by atoms with Crippen LogP contribution in [0.2, 0.25) is 10.0 Å². The van der Waals surface area contributed by atoms with E-state index >= 15 is 0 Å². The van der Waals surface area contributed by atoms with Gasteiger partial charge in [0.05, 0.1) is 18.3 Å². The van der Waals surface area contributed by atoms with Gasteiger partial charge in [0, 0.05) is 16.5 Å². The normalized spacial score (nSPS) is 13.8. The van der Waals surface area contributed by atoms with E-state index in [0.29, 0.717) is 16.5 Å². The molecule has 0 saturated carbocycles. The van der Waals surface area contributed by atoms with Crippen LogP contribution in [0.3, 0.4) is 0 Å². The van der Waals surface area contributed by atoms with Crippen molar-refractivity contribution in [1.29, 1.82) is 0 Å². The molecule has 96 valence electrons. The monoisotopic (exact) mass is 276 g/mol. The van der Waals surface area contributed by atoms with E-state index in [1.165, 1.54) is 0 Å². The van der Waals surface area contributed by atoms with Crippen LogP contribution >= 0.6 is 23.2 Å². The minimum Gasteiger partial charge on any atom is -0.390 e. The second-order valence-corrected chi connectivity index (χ2v) is 5.80. The van der Waals surface area contributed by atoms with Crippen LogP contribution in [-0.4, -0.2) is 23.4 Å². The maximum atomic E-state index is 9.87. The molecule has 1 aromatic carbocycles. The Hall–Kier alpha value is -0.280. The van der Waals surface area contributed by atoms with Crippen LogP contribution in [0, 0.1) is 0 Å². The van der Waals surface area contributed by atoms with Gasteiger partial charge in [-0.15, -0.1) is 0 Å². The van der Waals surface area contributed by atoms with Crippen LogP contribution in [-0.2, 0) is 11.2 Å². The van der Waals surface area contributed by atoms with E-state index in [0.717, 1.165) is 5.56 Å². The second-order valence-electron chi connectivity index (χ2n) is 4.98. The average molecular weight is 277 g/mol. The van der Waals surface area contributed by atoms with E-state index in [1.54, 1.807) is 18.2 Å². The van der Waals surface area contributed by atoms with Crippen molar-refractivity contribution in [3.63, 3.8) is 0 Å². The van der Waals surface area contributed by atoms with E-state index in [-0.39, 0.29) is 12.2 Å². The molecule has 1 N–H and O–H groups in total. The minimum absolute atomic E-state index is 0.259. The highest BCUT2D eigenvalue weighted by Gasteiger charge is 2.16. The lowest BCUT2D eigenvalue weighted by Crippen LogP contribution is -2.27. The first-order valence-corrected chi connectivity index (χ1v) is 6.30. The predicted octanol–water partition coefficient (Wildman–Crippen LogP) is 3.71. The third-order valence-electron chi connectivity index (χ3n) is 2.21.